The van der Waals surface area contributed by atoms with Gasteiger partial charge >= 0.3 is 0 Å². The van der Waals surface area contributed by atoms with Crippen LogP contribution in [0.3, 0.4) is 0 Å². The molecule has 5 nitrogen and oxygen atoms in total. The second-order valence-electron chi connectivity index (χ2n) is 6.86. The van der Waals surface area contributed by atoms with Gasteiger partial charge in [-0.3, -0.25) is 9.59 Å². The first kappa shape index (κ1) is 15.9. The average molecular weight is 309 g/mol. The van der Waals surface area contributed by atoms with Gasteiger partial charge in [0, 0.05) is 10.8 Å². The number of rotatable bonds is 3. The van der Waals surface area contributed by atoms with Crippen molar-refractivity contribution in [2.24, 2.45) is 5.92 Å². The van der Waals surface area contributed by atoms with Crippen molar-refractivity contribution in [1.29, 1.82) is 0 Å². The molecular weight excluding hydrogens is 286 g/mol. The number of aromatic nitrogens is 1. The van der Waals surface area contributed by atoms with Crippen LogP contribution >= 0.6 is 11.3 Å². The molecule has 21 heavy (non-hydrogen) atoms. The van der Waals surface area contributed by atoms with Gasteiger partial charge < -0.3 is 10.2 Å². The summed E-state index contributed by atoms with van der Waals surface area (Å²) in [5, 5.41) is 5.68. The second-order valence-corrected chi connectivity index (χ2v) is 7.80. The van der Waals surface area contributed by atoms with Crippen molar-refractivity contribution in [2.45, 2.75) is 52.6 Å². The van der Waals surface area contributed by atoms with Gasteiger partial charge in [0.2, 0.25) is 11.8 Å². The molecule has 0 saturated carbocycles. The van der Waals surface area contributed by atoms with E-state index < -0.39 is 6.04 Å². The summed E-state index contributed by atoms with van der Waals surface area (Å²) in [5.74, 6) is -0.0244. The maximum atomic E-state index is 12.4. The number of carbonyl (C=O) groups is 2. The monoisotopic (exact) mass is 309 g/mol. The summed E-state index contributed by atoms with van der Waals surface area (Å²) in [6.45, 7) is 10.7. The highest BCUT2D eigenvalue weighted by molar-refractivity contribution is 7.09. The fraction of sp³-hybridized carbons (Fsp3) is 0.667. The molecule has 0 radical (unpaired) electrons. The van der Waals surface area contributed by atoms with E-state index in [1.165, 1.54) is 0 Å². The van der Waals surface area contributed by atoms with Crippen LogP contribution in [-0.4, -0.2) is 34.3 Å². The molecule has 2 heterocycles. The van der Waals surface area contributed by atoms with Crippen LogP contribution in [0, 0.1) is 5.92 Å². The quantitative estimate of drug-likeness (QED) is 0.928. The summed E-state index contributed by atoms with van der Waals surface area (Å²) in [6, 6.07) is -0.423. The lowest BCUT2D eigenvalue weighted by Crippen LogP contribution is -2.59. The predicted molar refractivity (Wildman–Crippen MR) is 83.0 cm³/mol. The van der Waals surface area contributed by atoms with Gasteiger partial charge in [-0.1, -0.05) is 34.6 Å². The highest BCUT2D eigenvalue weighted by Gasteiger charge is 2.34. The van der Waals surface area contributed by atoms with Crippen molar-refractivity contribution in [1.82, 2.24) is 15.2 Å². The summed E-state index contributed by atoms with van der Waals surface area (Å²) in [5.41, 5.74) is 1.02. The Morgan fingerprint density at radius 1 is 1.43 bits per heavy atom. The zero-order valence-electron chi connectivity index (χ0n) is 13.3. The van der Waals surface area contributed by atoms with Crippen molar-refractivity contribution < 1.29 is 9.59 Å². The first-order chi connectivity index (χ1) is 9.68. The minimum absolute atomic E-state index is 0.00149. The highest BCUT2D eigenvalue weighted by atomic mass is 32.1. The van der Waals surface area contributed by atoms with E-state index in [0.717, 1.165) is 10.7 Å². The molecule has 1 aromatic heterocycles. The third kappa shape index (κ3) is 3.61. The Hall–Kier alpha value is -1.43. The van der Waals surface area contributed by atoms with Crippen molar-refractivity contribution in [2.75, 3.05) is 6.54 Å². The predicted octanol–water partition coefficient (Wildman–Crippen LogP) is 1.92. The first-order valence-corrected chi connectivity index (χ1v) is 8.09. The van der Waals surface area contributed by atoms with Gasteiger partial charge in [-0.15, -0.1) is 11.3 Å². The van der Waals surface area contributed by atoms with E-state index in [9.17, 15) is 9.59 Å². The van der Waals surface area contributed by atoms with E-state index >= 15 is 0 Å². The summed E-state index contributed by atoms with van der Waals surface area (Å²) >= 11 is 1.55. The maximum Gasteiger partial charge on any atom is 0.246 e. The lowest BCUT2D eigenvalue weighted by molar-refractivity contribution is -0.146. The Morgan fingerprint density at radius 3 is 2.62 bits per heavy atom. The molecule has 2 rings (SSSR count). The molecule has 2 amide bonds. The van der Waals surface area contributed by atoms with E-state index in [-0.39, 0.29) is 29.7 Å². The van der Waals surface area contributed by atoms with Crippen molar-refractivity contribution in [3.05, 3.63) is 16.1 Å². The zero-order valence-corrected chi connectivity index (χ0v) is 14.1. The Labute approximate surface area is 129 Å². The zero-order chi connectivity index (χ0) is 15.8. The van der Waals surface area contributed by atoms with Crippen LogP contribution in [0.15, 0.2) is 5.38 Å². The Balaban J connectivity index is 2.13. The van der Waals surface area contributed by atoms with Crippen LogP contribution in [0.2, 0.25) is 0 Å². The van der Waals surface area contributed by atoms with Gasteiger partial charge in [0.05, 0.1) is 12.2 Å². The minimum atomic E-state index is -0.423. The number of nitrogens with one attached hydrogen (secondary N) is 1. The maximum absolute atomic E-state index is 12.4. The van der Waals surface area contributed by atoms with E-state index in [0.29, 0.717) is 6.54 Å². The smallest absolute Gasteiger partial charge is 0.246 e. The summed E-state index contributed by atoms with van der Waals surface area (Å²) in [7, 11) is 0. The standard InChI is InChI=1S/C15H23N3O2S/c1-9(2)13-14(20)18(6-11(19)17-13)7-12-16-10(8-21-12)15(3,4)5/h8-9,13H,6-7H2,1-5H3,(H,17,19). The van der Waals surface area contributed by atoms with Crippen molar-refractivity contribution in [3.8, 4) is 0 Å². The molecule has 1 unspecified atom stereocenters. The Morgan fingerprint density at radius 2 is 2.10 bits per heavy atom. The fourth-order valence-electron chi connectivity index (χ4n) is 2.21. The van der Waals surface area contributed by atoms with Gasteiger partial charge in [0.25, 0.3) is 0 Å². The van der Waals surface area contributed by atoms with Gasteiger partial charge in [0.15, 0.2) is 0 Å². The number of carbonyl (C=O) groups excluding carboxylic acids is 2. The van der Waals surface area contributed by atoms with E-state index in [1.807, 2.05) is 19.2 Å². The number of piperazine rings is 1. The molecule has 1 atom stereocenters. The first-order valence-electron chi connectivity index (χ1n) is 7.21. The number of amides is 2. The molecule has 1 aliphatic rings. The molecule has 0 bridgehead atoms. The van der Waals surface area contributed by atoms with Crippen LogP contribution in [0.1, 0.15) is 45.3 Å². The molecule has 1 N–H and O–H groups in total. The molecule has 0 aliphatic carbocycles. The van der Waals surface area contributed by atoms with Crippen LogP contribution < -0.4 is 5.32 Å². The number of nitrogens with zero attached hydrogens (tertiary/aromatic N) is 2. The largest absolute Gasteiger partial charge is 0.343 e. The van der Waals surface area contributed by atoms with Crippen LogP contribution in [-0.2, 0) is 21.5 Å². The van der Waals surface area contributed by atoms with Gasteiger partial charge in [-0.25, -0.2) is 4.98 Å². The summed E-state index contributed by atoms with van der Waals surface area (Å²) in [4.78, 5) is 30.4. The van der Waals surface area contributed by atoms with Crippen LogP contribution in [0.5, 0.6) is 0 Å². The van der Waals surface area contributed by atoms with Crippen LogP contribution in [0.4, 0.5) is 0 Å². The van der Waals surface area contributed by atoms with Crippen molar-refractivity contribution in [3.63, 3.8) is 0 Å². The third-order valence-corrected chi connectivity index (χ3v) is 4.38. The molecule has 1 aromatic rings. The molecule has 0 spiro atoms. The Kier molecular flexibility index (Phi) is 4.37. The van der Waals surface area contributed by atoms with Crippen LogP contribution in [0.25, 0.3) is 0 Å². The fourth-order valence-corrected chi connectivity index (χ4v) is 3.24. The molecule has 116 valence electrons. The van der Waals surface area contributed by atoms with E-state index in [2.05, 4.69) is 31.1 Å². The molecule has 1 saturated heterocycles. The Bertz CT molecular complexity index is 545. The van der Waals surface area contributed by atoms with E-state index in [1.54, 1.807) is 16.2 Å². The van der Waals surface area contributed by atoms with Crippen molar-refractivity contribution >= 4 is 23.2 Å². The third-order valence-electron chi connectivity index (χ3n) is 3.54. The topological polar surface area (TPSA) is 62.3 Å². The number of hydrogen-bond acceptors (Lipinski definition) is 4. The lowest BCUT2D eigenvalue weighted by atomic mass is 9.93. The normalized spacial score (nSPS) is 20.1. The number of thiazole rings is 1. The minimum Gasteiger partial charge on any atom is -0.343 e. The second kappa shape index (κ2) is 5.75. The summed E-state index contributed by atoms with van der Waals surface area (Å²) < 4.78 is 0. The van der Waals surface area contributed by atoms with Gasteiger partial charge in [0.1, 0.15) is 17.6 Å². The molecule has 1 fully saturated rings. The molecular formula is C15H23N3O2S. The highest BCUT2D eigenvalue weighted by Crippen LogP contribution is 2.25. The number of hydrogen-bond donors (Lipinski definition) is 1. The molecule has 6 heteroatoms. The molecule has 1 aliphatic heterocycles. The van der Waals surface area contributed by atoms with Gasteiger partial charge in [-0.2, -0.15) is 0 Å². The summed E-state index contributed by atoms with van der Waals surface area (Å²) in [6.07, 6.45) is 0. The molecule has 0 aromatic carbocycles. The van der Waals surface area contributed by atoms with Gasteiger partial charge in [-0.05, 0) is 5.92 Å². The SMILES string of the molecule is CC(C)C1NC(=O)CN(Cc2nc(C(C)(C)C)cs2)C1=O. The average Bonchev–Trinajstić information content (AvgIpc) is 2.81. The lowest BCUT2D eigenvalue weighted by Gasteiger charge is -2.33. The van der Waals surface area contributed by atoms with E-state index in [4.69, 9.17) is 0 Å².